The van der Waals surface area contributed by atoms with Gasteiger partial charge in [0.2, 0.25) is 0 Å². The van der Waals surface area contributed by atoms with E-state index < -0.39 is 0 Å². The summed E-state index contributed by atoms with van der Waals surface area (Å²) in [5.41, 5.74) is 0.998. The van der Waals surface area contributed by atoms with Crippen molar-refractivity contribution in [1.29, 1.82) is 0 Å². The van der Waals surface area contributed by atoms with E-state index in [9.17, 15) is 9.59 Å². The topological polar surface area (TPSA) is 77.2 Å². The number of hydrogen-bond donors (Lipinski definition) is 0. The third-order valence-electron chi connectivity index (χ3n) is 2.62. The maximum atomic E-state index is 12.1. The number of carbonyl (C=O) groups excluding carboxylic acids is 2. The first-order chi connectivity index (χ1) is 9.25. The summed E-state index contributed by atoms with van der Waals surface area (Å²) in [5.74, 6) is -0.550. The highest BCUT2D eigenvalue weighted by Crippen LogP contribution is 2.14. The second kappa shape index (κ2) is 4.69. The third-order valence-corrected chi connectivity index (χ3v) is 3.43. The Morgan fingerprint density at radius 3 is 2.89 bits per heavy atom. The summed E-state index contributed by atoms with van der Waals surface area (Å²) in [6.07, 6.45) is 7.57. The molecule has 0 aromatic carbocycles. The van der Waals surface area contributed by atoms with Crippen LogP contribution >= 0.6 is 11.3 Å². The number of Topliss-reactive ketones (excluding diaryl/α,β-unsaturated/α-hetero) is 2. The molecular weight excluding hydrogens is 264 g/mol. The van der Waals surface area contributed by atoms with Crippen molar-refractivity contribution in [3.8, 4) is 0 Å². The van der Waals surface area contributed by atoms with Gasteiger partial charge in [-0.05, 0) is 0 Å². The molecule has 0 amide bonds. The molecule has 0 unspecified atom stereocenters. The van der Waals surface area contributed by atoms with Gasteiger partial charge in [-0.1, -0.05) is 0 Å². The molecule has 0 N–H and O–H groups in total. The molecule has 0 aliphatic rings. The second-order valence-electron chi connectivity index (χ2n) is 3.82. The second-order valence-corrected chi connectivity index (χ2v) is 4.72. The Morgan fingerprint density at radius 2 is 2.11 bits per heavy atom. The van der Waals surface area contributed by atoms with Crippen LogP contribution in [-0.2, 0) is 0 Å². The molecule has 3 aromatic rings. The lowest BCUT2D eigenvalue weighted by molar-refractivity contribution is 0.0895. The highest BCUT2D eigenvalue weighted by atomic mass is 32.1. The molecule has 3 heterocycles. The highest BCUT2D eigenvalue weighted by molar-refractivity contribution is 7.11. The van der Waals surface area contributed by atoms with E-state index >= 15 is 0 Å². The Labute approximate surface area is 111 Å². The van der Waals surface area contributed by atoms with Gasteiger partial charge in [-0.15, -0.1) is 11.3 Å². The van der Waals surface area contributed by atoms with Crippen LogP contribution in [-0.4, -0.2) is 31.1 Å². The van der Waals surface area contributed by atoms with Crippen LogP contribution < -0.4 is 0 Å². The normalized spacial score (nSPS) is 10.7. The average Bonchev–Trinajstić information content (AvgIpc) is 3.08. The van der Waals surface area contributed by atoms with Crippen molar-refractivity contribution in [2.24, 2.45) is 0 Å². The van der Waals surface area contributed by atoms with Gasteiger partial charge in [0.15, 0.2) is 16.6 Å². The average molecular weight is 272 g/mol. The van der Waals surface area contributed by atoms with Gasteiger partial charge >= 0.3 is 0 Å². The van der Waals surface area contributed by atoms with E-state index in [1.54, 1.807) is 34.7 Å². The number of carbonyl (C=O) groups is 2. The maximum absolute atomic E-state index is 12.1. The summed E-state index contributed by atoms with van der Waals surface area (Å²) in [5, 5.41) is 6.10. The minimum absolute atomic E-state index is 0.205. The Balaban J connectivity index is 1.86. The van der Waals surface area contributed by atoms with Crippen LogP contribution in [0.15, 0.2) is 36.4 Å². The molecule has 3 aromatic heterocycles. The van der Waals surface area contributed by atoms with Crippen LogP contribution in [0, 0.1) is 0 Å². The number of hydrogen-bond acceptors (Lipinski definition) is 6. The van der Waals surface area contributed by atoms with Crippen LogP contribution in [0.5, 0.6) is 0 Å². The molecule has 0 saturated carbocycles. The van der Waals surface area contributed by atoms with Gasteiger partial charge < -0.3 is 0 Å². The summed E-state index contributed by atoms with van der Waals surface area (Å²) in [6, 6.07) is 0. The molecule has 0 aliphatic carbocycles. The maximum Gasteiger partial charge on any atom is 0.199 e. The van der Waals surface area contributed by atoms with E-state index in [-0.39, 0.29) is 18.0 Å². The van der Waals surface area contributed by atoms with Gasteiger partial charge in [0.25, 0.3) is 0 Å². The van der Waals surface area contributed by atoms with Crippen LogP contribution in [0.4, 0.5) is 0 Å². The highest BCUT2D eigenvalue weighted by Gasteiger charge is 2.18. The molecule has 0 bridgehead atoms. The molecule has 3 rings (SSSR count). The van der Waals surface area contributed by atoms with Crippen molar-refractivity contribution in [1.82, 2.24) is 19.6 Å². The van der Waals surface area contributed by atoms with E-state index in [1.807, 2.05) is 0 Å². The fourth-order valence-corrected chi connectivity index (χ4v) is 2.30. The minimum Gasteiger partial charge on any atom is -0.294 e. The quantitative estimate of drug-likeness (QED) is 0.533. The predicted octanol–water partition coefficient (Wildman–Crippen LogP) is 1.64. The molecule has 7 heteroatoms. The van der Waals surface area contributed by atoms with Gasteiger partial charge in [0, 0.05) is 24.0 Å². The SMILES string of the molecule is O=C(CC(=O)c1cnn2ccncc12)c1nccs1. The Bertz CT molecular complexity index is 748. The van der Waals surface area contributed by atoms with Crippen LogP contribution in [0.2, 0.25) is 0 Å². The predicted molar refractivity (Wildman–Crippen MR) is 68.4 cm³/mol. The number of aromatic nitrogens is 4. The zero-order valence-corrected chi connectivity index (χ0v) is 10.5. The van der Waals surface area contributed by atoms with Gasteiger partial charge in [0.05, 0.1) is 29.9 Å². The summed E-state index contributed by atoms with van der Waals surface area (Å²) in [4.78, 5) is 31.8. The van der Waals surface area contributed by atoms with Crippen molar-refractivity contribution in [2.75, 3.05) is 0 Å². The Kier molecular flexibility index (Phi) is 2.88. The molecule has 0 saturated heterocycles. The molecule has 0 aliphatic heterocycles. The van der Waals surface area contributed by atoms with Crippen molar-refractivity contribution in [3.63, 3.8) is 0 Å². The van der Waals surface area contributed by atoms with Crippen molar-refractivity contribution < 1.29 is 9.59 Å². The molecule has 0 fully saturated rings. The first kappa shape index (κ1) is 11.7. The lowest BCUT2D eigenvalue weighted by atomic mass is 10.1. The number of nitrogens with zero attached hydrogens (tertiary/aromatic N) is 4. The van der Waals surface area contributed by atoms with E-state index in [4.69, 9.17) is 0 Å². The van der Waals surface area contributed by atoms with Gasteiger partial charge in [-0.25, -0.2) is 9.50 Å². The largest absolute Gasteiger partial charge is 0.294 e. The molecule has 0 spiro atoms. The van der Waals surface area contributed by atoms with Gasteiger partial charge in [-0.3, -0.25) is 14.6 Å². The Morgan fingerprint density at radius 1 is 1.21 bits per heavy atom. The van der Waals surface area contributed by atoms with E-state index in [0.717, 1.165) is 0 Å². The van der Waals surface area contributed by atoms with E-state index in [1.165, 1.54) is 17.5 Å². The standard InChI is InChI=1S/C12H8N4O2S/c17-10(5-11(18)12-14-2-4-19-12)8-6-15-16-3-1-13-7-9(8)16/h1-4,6-7H,5H2. The lowest BCUT2D eigenvalue weighted by Gasteiger charge is -1.97. The smallest absolute Gasteiger partial charge is 0.199 e. The van der Waals surface area contributed by atoms with Gasteiger partial charge in [0.1, 0.15) is 0 Å². The minimum atomic E-state index is -0.275. The number of ketones is 2. The number of fused-ring (bicyclic) bond motifs is 1. The van der Waals surface area contributed by atoms with Crippen LogP contribution in [0.25, 0.3) is 5.52 Å². The molecule has 19 heavy (non-hydrogen) atoms. The van der Waals surface area contributed by atoms with Crippen LogP contribution in [0.3, 0.4) is 0 Å². The monoisotopic (exact) mass is 272 g/mol. The van der Waals surface area contributed by atoms with Crippen molar-refractivity contribution >= 4 is 28.4 Å². The van der Waals surface area contributed by atoms with E-state index in [0.29, 0.717) is 16.1 Å². The zero-order valence-electron chi connectivity index (χ0n) is 9.68. The molecule has 0 radical (unpaired) electrons. The van der Waals surface area contributed by atoms with E-state index in [2.05, 4.69) is 15.1 Å². The first-order valence-corrected chi connectivity index (χ1v) is 6.37. The van der Waals surface area contributed by atoms with Crippen LogP contribution in [0.1, 0.15) is 26.6 Å². The molecule has 6 nitrogen and oxygen atoms in total. The first-order valence-electron chi connectivity index (χ1n) is 5.49. The number of thiazole rings is 1. The fraction of sp³-hybridized carbons (Fsp3) is 0.0833. The number of rotatable bonds is 4. The molecule has 94 valence electrons. The Hall–Kier alpha value is -2.41. The fourth-order valence-electron chi connectivity index (χ4n) is 1.73. The molecular formula is C12H8N4O2S. The summed E-state index contributed by atoms with van der Waals surface area (Å²) >= 11 is 1.23. The lowest BCUT2D eigenvalue weighted by Crippen LogP contribution is -2.08. The summed E-state index contributed by atoms with van der Waals surface area (Å²) < 4.78 is 1.55. The third kappa shape index (κ3) is 2.15. The van der Waals surface area contributed by atoms with Crippen molar-refractivity contribution in [2.45, 2.75) is 6.42 Å². The van der Waals surface area contributed by atoms with Crippen molar-refractivity contribution in [3.05, 3.63) is 46.9 Å². The zero-order chi connectivity index (χ0) is 13.2. The summed E-state index contributed by atoms with van der Waals surface area (Å²) in [6.45, 7) is 0. The van der Waals surface area contributed by atoms with Gasteiger partial charge in [-0.2, -0.15) is 5.10 Å². The summed E-state index contributed by atoms with van der Waals surface area (Å²) in [7, 11) is 0. The molecule has 0 atom stereocenters.